The number of hydrogen-bond acceptors (Lipinski definition) is 6. The predicted molar refractivity (Wildman–Crippen MR) is 139 cm³/mol. The molecule has 0 amide bonds. The Kier molecular flexibility index (Phi) is 5.71. The molecule has 0 aromatic heterocycles. The van der Waals surface area contributed by atoms with Gasteiger partial charge in [0.05, 0.1) is 0 Å². The average Bonchev–Trinajstić information content (AvgIpc) is 2.96. The van der Waals surface area contributed by atoms with Crippen LogP contribution in [-0.2, 0) is 19.6 Å². The Morgan fingerprint density at radius 3 is 1.72 bits per heavy atom. The van der Waals surface area contributed by atoms with Gasteiger partial charge >= 0.3 is 0 Å². The van der Waals surface area contributed by atoms with Crippen LogP contribution in [0.1, 0.15) is 42.4 Å². The van der Waals surface area contributed by atoms with Gasteiger partial charge < -0.3 is 19.1 Å². The summed E-state index contributed by atoms with van der Waals surface area (Å²) in [6.07, 6.45) is 4.84. The lowest BCUT2D eigenvalue weighted by molar-refractivity contribution is 0.00139. The van der Waals surface area contributed by atoms with Gasteiger partial charge in [0, 0.05) is 54.1 Å². The third kappa shape index (κ3) is 4.18. The van der Waals surface area contributed by atoms with E-state index < -0.39 is 0 Å². The van der Waals surface area contributed by atoms with Crippen LogP contribution in [0, 0.1) is 0 Å². The van der Waals surface area contributed by atoms with Crippen LogP contribution < -0.4 is 19.1 Å². The molecule has 3 aromatic rings. The topological polar surface area (TPSA) is 37.4 Å². The number of nitrogens with zero attached hydrogens (tertiary/aromatic N) is 3. The van der Waals surface area contributed by atoms with Crippen LogP contribution in [0.15, 0.2) is 66.7 Å². The molecule has 0 bridgehead atoms. The second kappa shape index (κ2) is 9.34. The molecule has 0 N–H and O–H groups in total. The Balaban J connectivity index is 0.984. The van der Waals surface area contributed by atoms with Crippen LogP contribution in [0.5, 0.6) is 17.2 Å². The lowest BCUT2D eigenvalue weighted by Gasteiger charge is -2.43. The summed E-state index contributed by atoms with van der Waals surface area (Å²) >= 11 is 0. The molecule has 3 aromatic carbocycles. The molecule has 7 rings (SSSR count). The van der Waals surface area contributed by atoms with E-state index >= 15 is 0 Å². The highest BCUT2D eigenvalue weighted by atomic mass is 16.5. The monoisotopic (exact) mass is 483 g/mol. The van der Waals surface area contributed by atoms with Crippen LogP contribution in [0.3, 0.4) is 0 Å². The van der Waals surface area contributed by atoms with Crippen molar-refractivity contribution in [3.8, 4) is 17.2 Å². The van der Waals surface area contributed by atoms with E-state index in [1.807, 2.05) is 6.07 Å². The first kappa shape index (κ1) is 22.0. The van der Waals surface area contributed by atoms with E-state index in [9.17, 15) is 0 Å². The maximum absolute atomic E-state index is 6.22. The highest BCUT2D eigenvalue weighted by Crippen LogP contribution is 2.36. The van der Waals surface area contributed by atoms with Crippen LogP contribution in [0.25, 0.3) is 0 Å². The molecule has 0 saturated heterocycles. The molecule has 0 spiro atoms. The van der Waals surface area contributed by atoms with Crippen molar-refractivity contribution in [1.82, 2.24) is 9.80 Å². The molecule has 1 aliphatic carbocycles. The van der Waals surface area contributed by atoms with Gasteiger partial charge in [0.1, 0.15) is 30.7 Å². The van der Waals surface area contributed by atoms with Gasteiger partial charge in [-0.25, -0.2) is 0 Å². The standard InChI is InChI=1S/C30H33N3O3/c1-3-7-28-22(5-1)16-31(19-34-28)25-9-11-26(12-10-25)32-18-24-15-27(13-14-30(24)36-20-32)33-17-23-6-2-4-8-29(23)35-21-33/h1-8,13-15,25-26H,9-12,16-21H2. The molecule has 0 unspecified atom stereocenters. The fourth-order valence-corrected chi connectivity index (χ4v) is 6.23. The van der Waals surface area contributed by atoms with Crippen molar-refractivity contribution in [2.24, 2.45) is 0 Å². The first-order valence-electron chi connectivity index (χ1n) is 13.2. The SMILES string of the molecule is c1ccc2c(c1)CN(c1ccc3c(c1)CN(C1CCC(N4COc5ccccc5C4)CC1)CO3)CO2. The Bertz CT molecular complexity index is 1240. The van der Waals surface area contributed by atoms with Crippen LogP contribution in [-0.4, -0.2) is 42.1 Å². The molecule has 4 aliphatic rings. The van der Waals surface area contributed by atoms with E-state index in [-0.39, 0.29) is 0 Å². The Labute approximate surface area is 213 Å². The smallest absolute Gasteiger partial charge is 0.161 e. The summed E-state index contributed by atoms with van der Waals surface area (Å²) < 4.78 is 18.3. The maximum atomic E-state index is 6.22. The van der Waals surface area contributed by atoms with E-state index in [1.54, 1.807) is 0 Å². The first-order chi connectivity index (χ1) is 17.8. The second-order valence-corrected chi connectivity index (χ2v) is 10.5. The Morgan fingerprint density at radius 2 is 1.06 bits per heavy atom. The minimum atomic E-state index is 0.571. The third-order valence-electron chi connectivity index (χ3n) is 8.31. The number of anilines is 1. The summed E-state index contributed by atoms with van der Waals surface area (Å²) in [5.41, 5.74) is 5.02. The minimum Gasteiger partial charge on any atom is -0.478 e. The number of rotatable bonds is 3. The highest BCUT2D eigenvalue weighted by molar-refractivity contribution is 5.55. The maximum Gasteiger partial charge on any atom is 0.161 e. The largest absolute Gasteiger partial charge is 0.478 e. The number of ether oxygens (including phenoxy) is 3. The van der Waals surface area contributed by atoms with Crippen molar-refractivity contribution in [2.75, 3.05) is 25.1 Å². The normalized spacial score (nSPS) is 23.9. The molecule has 0 atom stereocenters. The Hall–Kier alpha value is -3.22. The molecule has 3 aliphatic heterocycles. The van der Waals surface area contributed by atoms with Gasteiger partial charge in [-0.1, -0.05) is 36.4 Å². The zero-order chi connectivity index (χ0) is 23.9. The van der Waals surface area contributed by atoms with Crippen molar-refractivity contribution < 1.29 is 14.2 Å². The van der Waals surface area contributed by atoms with E-state index in [4.69, 9.17) is 14.2 Å². The molecule has 3 heterocycles. The summed E-state index contributed by atoms with van der Waals surface area (Å²) in [4.78, 5) is 7.35. The summed E-state index contributed by atoms with van der Waals surface area (Å²) in [6.45, 7) is 4.79. The van der Waals surface area contributed by atoms with Crippen molar-refractivity contribution in [3.05, 3.63) is 83.4 Å². The average molecular weight is 484 g/mol. The van der Waals surface area contributed by atoms with Gasteiger partial charge in [0.25, 0.3) is 0 Å². The number of benzene rings is 3. The molecular weight excluding hydrogens is 450 g/mol. The summed E-state index contributed by atoms with van der Waals surface area (Å²) in [7, 11) is 0. The van der Waals surface area contributed by atoms with Crippen molar-refractivity contribution in [3.63, 3.8) is 0 Å². The van der Waals surface area contributed by atoms with Crippen molar-refractivity contribution in [2.45, 2.75) is 57.4 Å². The van der Waals surface area contributed by atoms with Crippen molar-refractivity contribution >= 4 is 5.69 Å². The second-order valence-electron chi connectivity index (χ2n) is 10.5. The molecule has 0 radical (unpaired) electrons. The van der Waals surface area contributed by atoms with E-state index in [2.05, 4.69) is 75.4 Å². The minimum absolute atomic E-state index is 0.571. The molecule has 6 nitrogen and oxygen atoms in total. The molecule has 36 heavy (non-hydrogen) atoms. The molecule has 1 fully saturated rings. The molecule has 1 saturated carbocycles. The van der Waals surface area contributed by atoms with Gasteiger partial charge in [0.2, 0.25) is 0 Å². The van der Waals surface area contributed by atoms with Gasteiger partial charge in [-0.2, -0.15) is 0 Å². The van der Waals surface area contributed by atoms with Crippen LogP contribution in [0.2, 0.25) is 0 Å². The van der Waals surface area contributed by atoms with Gasteiger partial charge in [-0.15, -0.1) is 0 Å². The summed E-state index contributed by atoms with van der Waals surface area (Å²) in [5, 5.41) is 0. The Morgan fingerprint density at radius 1 is 0.528 bits per heavy atom. The van der Waals surface area contributed by atoms with Gasteiger partial charge in [0.15, 0.2) is 6.73 Å². The lowest BCUT2D eigenvalue weighted by Crippen LogP contribution is -2.47. The number of hydrogen-bond donors (Lipinski definition) is 0. The van der Waals surface area contributed by atoms with E-state index in [0.717, 1.165) is 36.9 Å². The molecule has 186 valence electrons. The fourth-order valence-electron chi connectivity index (χ4n) is 6.23. The summed E-state index contributed by atoms with van der Waals surface area (Å²) in [5.74, 6) is 3.06. The van der Waals surface area contributed by atoms with Crippen molar-refractivity contribution in [1.29, 1.82) is 0 Å². The predicted octanol–water partition coefficient (Wildman–Crippen LogP) is 5.36. The quantitative estimate of drug-likeness (QED) is 0.499. The highest BCUT2D eigenvalue weighted by Gasteiger charge is 2.33. The molecule has 6 heteroatoms. The van der Waals surface area contributed by atoms with Gasteiger partial charge in [-0.3, -0.25) is 9.80 Å². The van der Waals surface area contributed by atoms with E-state index in [1.165, 1.54) is 48.1 Å². The zero-order valence-electron chi connectivity index (χ0n) is 20.6. The molecular formula is C30H33N3O3. The fraction of sp³-hybridized carbons (Fsp3) is 0.400. The third-order valence-corrected chi connectivity index (χ3v) is 8.31. The van der Waals surface area contributed by atoms with Crippen LogP contribution >= 0.6 is 0 Å². The lowest BCUT2D eigenvalue weighted by atomic mass is 9.88. The van der Waals surface area contributed by atoms with Gasteiger partial charge in [-0.05, 0) is 56.0 Å². The number of fused-ring (bicyclic) bond motifs is 3. The van der Waals surface area contributed by atoms with Crippen LogP contribution in [0.4, 0.5) is 5.69 Å². The first-order valence-corrected chi connectivity index (χ1v) is 13.2. The number of para-hydroxylation sites is 2. The summed E-state index contributed by atoms with van der Waals surface area (Å²) in [6, 6.07) is 24.5. The zero-order valence-corrected chi connectivity index (χ0v) is 20.6. The van der Waals surface area contributed by atoms with E-state index in [0.29, 0.717) is 32.3 Å².